The largest absolute Gasteiger partial charge is 0.384 e. The smallest absolute Gasteiger partial charge is 0.257 e. The Bertz CT molecular complexity index is 750. The third kappa shape index (κ3) is 3.66. The van der Waals surface area contributed by atoms with Gasteiger partial charge in [0.2, 0.25) is 0 Å². The summed E-state index contributed by atoms with van der Waals surface area (Å²) >= 11 is 0. The van der Waals surface area contributed by atoms with Crippen molar-refractivity contribution in [3.8, 4) is 17.9 Å². The second-order valence-corrected chi connectivity index (χ2v) is 4.02. The van der Waals surface area contributed by atoms with E-state index in [0.717, 1.165) is 0 Å². The van der Waals surface area contributed by atoms with Gasteiger partial charge in [0.1, 0.15) is 6.61 Å². The number of hydrogen-bond acceptors (Lipinski definition) is 4. The van der Waals surface area contributed by atoms with Crippen LogP contribution in [0.15, 0.2) is 42.7 Å². The van der Waals surface area contributed by atoms with Crippen molar-refractivity contribution in [1.29, 1.82) is 5.26 Å². The highest BCUT2D eigenvalue weighted by Gasteiger charge is 2.10. The lowest BCUT2D eigenvalue weighted by Gasteiger charge is -2.06. The maximum atomic E-state index is 12.2. The van der Waals surface area contributed by atoms with Gasteiger partial charge in [0.15, 0.2) is 0 Å². The average Bonchev–Trinajstić information content (AvgIpc) is 2.54. The molecule has 1 heterocycles. The van der Waals surface area contributed by atoms with Crippen LogP contribution in [0.5, 0.6) is 0 Å². The van der Waals surface area contributed by atoms with E-state index in [1.807, 2.05) is 6.07 Å². The summed E-state index contributed by atoms with van der Waals surface area (Å²) in [7, 11) is 0. The third-order valence-corrected chi connectivity index (χ3v) is 2.64. The fraction of sp³-hybridized carbons (Fsp3) is 0.0625. The number of anilines is 1. The first-order valence-electron chi connectivity index (χ1n) is 6.10. The van der Waals surface area contributed by atoms with E-state index in [9.17, 15) is 4.79 Å². The number of carbonyl (C=O) groups excluding carboxylic acids is 1. The molecule has 0 aliphatic carbocycles. The molecule has 0 atom stereocenters. The maximum Gasteiger partial charge on any atom is 0.257 e. The predicted molar refractivity (Wildman–Crippen MR) is 77.3 cm³/mol. The molecule has 21 heavy (non-hydrogen) atoms. The number of aliphatic hydroxyl groups excluding tert-OH is 1. The number of nitriles is 1. The molecule has 0 spiro atoms. The number of pyridine rings is 1. The van der Waals surface area contributed by atoms with Crippen molar-refractivity contribution < 1.29 is 9.90 Å². The first-order valence-corrected chi connectivity index (χ1v) is 6.10. The van der Waals surface area contributed by atoms with Crippen molar-refractivity contribution in [1.82, 2.24) is 4.98 Å². The van der Waals surface area contributed by atoms with Crippen LogP contribution in [0.3, 0.4) is 0 Å². The Morgan fingerprint density at radius 3 is 2.71 bits per heavy atom. The van der Waals surface area contributed by atoms with Crippen LogP contribution in [-0.4, -0.2) is 22.6 Å². The number of aromatic nitrogens is 1. The van der Waals surface area contributed by atoms with Gasteiger partial charge in [-0.25, -0.2) is 0 Å². The van der Waals surface area contributed by atoms with Gasteiger partial charge in [-0.15, -0.1) is 0 Å². The van der Waals surface area contributed by atoms with Crippen molar-refractivity contribution in [2.24, 2.45) is 0 Å². The number of nitrogens with zero attached hydrogens (tertiary/aromatic N) is 2. The minimum Gasteiger partial charge on any atom is -0.384 e. The van der Waals surface area contributed by atoms with Gasteiger partial charge >= 0.3 is 0 Å². The number of aliphatic hydroxyl groups is 1. The van der Waals surface area contributed by atoms with Crippen LogP contribution in [0.4, 0.5) is 5.69 Å². The Kier molecular flexibility index (Phi) is 4.66. The van der Waals surface area contributed by atoms with Crippen LogP contribution in [-0.2, 0) is 0 Å². The number of carbonyl (C=O) groups is 1. The minimum absolute atomic E-state index is 0.286. The zero-order chi connectivity index (χ0) is 15.1. The standard InChI is InChI=1S/C16H11N3O2/c17-10-12-3-5-14(6-4-12)19-16(21)15-7-8-18-11-13(15)2-1-9-20/h3-8,11,20H,9H2,(H,19,21). The summed E-state index contributed by atoms with van der Waals surface area (Å²) in [6.07, 6.45) is 2.97. The average molecular weight is 277 g/mol. The summed E-state index contributed by atoms with van der Waals surface area (Å²) in [5, 5.41) is 20.2. The van der Waals surface area contributed by atoms with E-state index in [1.54, 1.807) is 30.3 Å². The highest BCUT2D eigenvalue weighted by atomic mass is 16.2. The normalized spacial score (nSPS) is 9.14. The van der Waals surface area contributed by atoms with Crippen LogP contribution >= 0.6 is 0 Å². The molecular weight excluding hydrogens is 266 g/mol. The van der Waals surface area contributed by atoms with Crippen LogP contribution in [0, 0.1) is 23.2 Å². The molecule has 2 aromatic rings. The number of amides is 1. The second-order valence-electron chi connectivity index (χ2n) is 4.02. The van der Waals surface area contributed by atoms with Crippen LogP contribution in [0.2, 0.25) is 0 Å². The fourth-order valence-corrected chi connectivity index (χ4v) is 1.65. The van der Waals surface area contributed by atoms with Crippen LogP contribution in [0.25, 0.3) is 0 Å². The van der Waals surface area contributed by atoms with E-state index < -0.39 is 0 Å². The lowest BCUT2D eigenvalue weighted by molar-refractivity contribution is 0.102. The molecule has 1 aromatic carbocycles. The van der Waals surface area contributed by atoms with Crippen molar-refractivity contribution in [3.63, 3.8) is 0 Å². The molecule has 0 unspecified atom stereocenters. The zero-order valence-electron chi connectivity index (χ0n) is 11.0. The molecule has 2 rings (SSSR count). The van der Waals surface area contributed by atoms with E-state index >= 15 is 0 Å². The molecule has 1 aromatic heterocycles. The SMILES string of the molecule is N#Cc1ccc(NC(=O)c2ccncc2C#CCO)cc1. The van der Waals surface area contributed by atoms with Crippen molar-refractivity contribution >= 4 is 11.6 Å². The number of rotatable bonds is 2. The molecule has 0 fully saturated rings. The quantitative estimate of drug-likeness (QED) is 0.815. The van der Waals surface area contributed by atoms with Crippen LogP contribution in [0.1, 0.15) is 21.5 Å². The molecule has 5 heteroatoms. The minimum atomic E-state index is -0.329. The van der Waals surface area contributed by atoms with E-state index in [4.69, 9.17) is 10.4 Å². The molecule has 5 nitrogen and oxygen atoms in total. The predicted octanol–water partition coefficient (Wildman–Crippen LogP) is 1.55. The Morgan fingerprint density at radius 1 is 1.29 bits per heavy atom. The molecule has 102 valence electrons. The van der Waals surface area contributed by atoms with Gasteiger partial charge in [-0.3, -0.25) is 9.78 Å². The molecule has 0 saturated carbocycles. The van der Waals surface area contributed by atoms with E-state index in [1.165, 1.54) is 12.4 Å². The van der Waals surface area contributed by atoms with E-state index in [0.29, 0.717) is 22.4 Å². The van der Waals surface area contributed by atoms with Gasteiger partial charge in [0.25, 0.3) is 5.91 Å². The Labute approximate surface area is 121 Å². The van der Waals surface area contributed by atoms with Gasteiger partial charge in [-0.1, -0.05) is 11.8 Å². The molecule has 0 radical (unpaired) electrons. The summed E-state index contributed by atoms with van der Waals surface area (Å²) < 4.78 is 0. The molecular formula is C16H11N3O2. The molecule has 2 N–H and O–H groups in total. The Hall–Kier alpha value is -3.15. The molecule has 0 saturated heterocycles. The van der Waals surface area contributed by atoms with Gasteiger partial charge in [-0.05, 0) is 30.3 Å². The highest BCUT2D eigenvalue weighted by molar-refractivity contribution is 6.05. The molecule has 0 aliphatic rings. The van der Waals surface area contributed by atoms with Crippen LogP contribution < -0.4 is 5.32 Å². The first-order chi connectivity index (χ1) is 10.2. The topological polar surface area (TPSA) is 86.0 Å². The zero-order valence-corrected chi connectivity index (χ0v) is 11.0. The van der Waals surface area contributed by atoms with Gasteiger partial charge in [-0.2, -0.15) is 5.26 Å². The summed E-state index contributed by atoms with van der Waals surface area (Å²) in [6, 6.07) is 10.1. The fourth-order valence-electron chi connectivity index (χ4n) is 1.65. The number of nitrogens with one attached hydrogen (secondary N) is 1. The molecule has 0 bridgehead atoms. The lowest BCUT2D eigenvalue weighted by atomic mass is 10.1. The molecule has 0 aliphatic heterocycles. The number of benzene rings is 1. The molecule has 1 amide bonds. The van der Waals surface area contributed by atoms with E-state index in [2.05, 4.69) is 22.1 Å². The van der Waals surface area contributed by atoms with Crippen molar-refractivity contribution in [2.75, 3.05) is 11.9 Å². The van der Waals surface area contributed by atoms with E-state index in [-0.39, 0.29) is 12.5 Å². The van der Waals surface area contributed by atoms with Crippen molar-refractivity contribution in [2.45, 2.75) is 0 Å². The summed E-state index contributed by atoms with van der Waals surface area (Å²) in [5.74, 6) is 4.84. The second kappa shape index (κ2) is 6.85. The first kappa shape index (κ1) is 14.3. The van der Waals surface area contributed by atoms with Gasteiger partial charge in [0, 0.05) is 18.1 Å². The van der Waals surface area contributed by atoms with Gasteiger partial charge in [0.05, 0.1) is 22.8 Å². The van der Waals surface area contributed by atoms with Gasteiger partial charge < -0.3 is 10.4 Å². The number of hydrogen-bond donors (Lipinski definition) is 2. The summed E-state index contributed by atoms with van der Waals surface area (Å²) in [5.41, 5.74) is 1.91. The Balaban J connectivity index is 2.22. The summed E-state index contributed by atoms with van der Waals surface area (Å²) in [6.45, 7) is -0.286. The lowest BCUT2D eigenvalue weighted by Crippen LogP contribution is -2.13. The maximum absolute atomic E-state index is 12.2. The Morgan fingerprint density at radius 2 is 2.05 bits per heavy atom. The summed E-state index contributed by atoms with van der Waals surface area (Å²) in [4.78, 5) is 16.1. The van der Waals surface area contributed by atoms with Crippen molar-refractivity contribution in [3.05, 3.63) is 59.4 Å². The monoisotopic (exact) mass is 277 g/mol. The highest BCUT2D eigenvalue weighted by Crippen LogP contribution is 2.12. The third-order valence-electron chi connectivity index (χ3n) is 2.64.